The SMILES string of the molecule is CCC(CC)(CCO)CNC(=O)c1ccc(Br)cc1F. The third kappa shape index (κ3) is 4.28. The molecule has 0 bridgehead atoms. The first-order valence-electron chi connectivity index (χ1n) is 6.82. The molecule has 3 nitrogen and oxygen atoms in total. The first kappa shape index (κ1) is 17.1. The molecular formula is C15H21BrFNO2. The van der Waals surface area contributed by atoms with E-state index in [1.54, 1.807) is 6.07 Å². The molecule has 0 atom stereocenters. The molecule has 112 valence electrons. The van der Waals surface area contributed by atoms with Crippen molar-refractivity contribution >= 4 is 21.8 Å². The molecule has 20 heavy (non-hydrogen) atoms. The quantitative estimate of drug-likeness (QED) is 0.794. The summed E-state index contributed by atoms with van der Waals surface area (Å²) in [4.78, 5) is 12.0. The van der Waals surface area contributed by atoms with Crippen molar-refractivity contribution in [3.63, 3.8) is 0 Å². The number of hydrogen-bond donors (Lipinski definition) is 2. The summed E-state index contributed by atoms with van der Waals surface area (Å²) < 4.78 is 14.3. The Morgan fingerprint density at radius 2 is 2.05 bits per heavy atom. The molecule has 0 saturated carbocycles. The van der Waals surface area contributed by atoms with Gasteiger partial charge in [-0.1, -0.05) is 29.8 Å². The van der Waals surface area contributed by atoms with E-state index in [-0.39, 0.29) is 17.6 Å². The van der Waals surface area contributed by atoms with Gasteiger partial charge in [0.05, 0.1) is 5.56 Å². The molecule has 0 aliphatic carbocycles. The summed E-state index contributed by atoms with van der Waals surface area (Å²) >= 11 is 3.16. The molecule has 1 aromatic carbocycles. The summed E-state index contributed by atoms with van der Waals surface area (Å²) in [5.74, 6) is -0.961. The lowest BCUT2D eigenvalue weighted by molar-refractivity contribution is 0.0903. The van der Waals surface area contributed by atoms with Crippen molar-refractivity contribution in [2.75, 3.05) is 13.2 Å². The zero-order chi connectivity index (χ0) is 15.2. The van der Waals surface area contributed by atoms with Crippen LogP contribution in [0.5, 0.6) is 0 Å². The fourth-order valence-corrected chi connectivity index (χ4v) is 2.55. The number of halogens is 2. The number of nitrogens with one attached hydrogen (secondary N) is 1. The van der Waals surface area contributed by atoms with Crippen LogP contribution in [0.2, 0.25) is 0 Å². The van der Waals surface area contributed by atoms with E-state index in [1.165, 1.54) is 12.1 Å². The normalized spacial score (nSPS) is 11.4. The van der Waals surface area contributed by atoms with Gasteiger partial charge >= 0.3 is 0 Å². The van der Waals surface area contributed by atoms with Crippen molar-refractivity contribution in [1.82, 2.24) is 5.32 Å². The molecule has 0 fully saturated rings. The molecule has 0 saturated heterocycles. The minimum Gasteiger partial charge on any atom is -0.396 e. The average molecular weight is 346 g/mol. The molecule has 5 heteroatoms. The number of hydrogen-bond acceptors (Lipinski definition) is 2. The second-order valence-electron chi connectivity index (χ2n) is 4.99. The fourth-order valence-electron chi connectivity index (χ4n) is 2.22. The van der Waals surface area contributed by atoms with Crippen LogP contribution in [0.1, 0.15) is 43.5 Å². The summed E-state index contributed by atoms with van der Waals surface area (Å²) in [7, 11) is 0. The molecule has 0 radical (unpaired) electrons. The lowest BCUT2D eigenvalue weighted by Gasteiger charge is -2.31. The maximum absolute atomic E-state index is 13.7. The van der Waals surface area contributed by atoms with Crippen LogP contribution < -0.4 is 5.32 Å². The Morgan fingerprint density at radius 1 is 1.40 bits per heavy atom. The molecule has 1 amide bonds. The summed E-state index contributed by atoms with van der Waals surface area (Å²) in [5, 5.41) is 11.9. The number of amides is 1. The van der Waals surface area contributed by atoms with Gasteiger partial charge in [0, 0.05) is 17.6 Å². The number of carbonyl (C=O) groups is 1. The molecule has 0 unspecified atom stereocenters. The van der Waals surface area contributed by atoms with Crippen molar-refractivity contribution < 1.29 is 14.3 Å². The van der Waals surface area contributed by atoms with Crippen LogP contribution >= 0.6 is 15.9 Å². The maximum atomic E-state index is 13.7. The molecule has 2 N–H and O–H groups in total. The highest BCUT2D eigenvalue weighted by Gasteiger charge is 2.26. The Balaban J connectivity index is 2.75. The van der Waals surface area contributed by atoms with E-state index in [0.717, 1.165) is 12.8 Å². The van der Waals surface area contributed by atoms with Gasteiger partial charge in [-0.25, -0.2) is 4.39 Å². The number of aliphatic hydroxyl groups excluding tert-OH is 1. The van der Waals surface area contributed by atoms with E-state index >= 15 is 0 Å². The molecule has 1 aromatic rings. The fraction of sp³-hybridized carbons (Fsp3) is 0.533. The second-order valence-corrected chi connectivity index (χ2v) is 5.90. The third-order valence-corrected chi connectivity index (χ3v) is 4.44. The summed E-state index contributed by atoms with van der Waals surface area (Å²) in [6, 6.07) is 4.37. The summed E-state index contributed by atoms with van der Waals surface area (Å²) in [5.41, 5.74) is -0.0886. The predicted molar refractivity (Wildman–Crippen MR) is 81.2 cm³/mol. The van der Waals surface area contributed by atoms with Gasteiger partial charge in [0.25, 0.3) is 5.91 Å². The standard InChI is InChI=1S/C15H21BrFNO2/c1-3-15(4-2,7-8-19)10-18-14(20)12-6-5-11(16)9-13(12)17/h5-6,9,19H,3-4,7-8,10H2,1-2H3,(H,18,20). The number of aliphatic hydroxyl groups is 1. The van der Waals surface area contributed by atoms with Gasteiger partial charge in [0.2, 0.25) is 0 Å². The van der Waals surface area contributed by atoms with Crippen LogP contribution in [0, 0.1) is 11.2 Å². The average Bonchev–Trinajstić information content (AvgIpc) is 2.43. The van der Waals surface area contributed by atoms with Crippen molar-refractivity contribution in [3.05, 3.63) is 34.1 Å². The van der Waals surface area contributed by atoms with Crippen LogP contribution in [0.4, 0.5) is 4.39 Å². The van der Waals surface area contributed by atoms with Gasteiger partial charge < -0.3 is 10.4 Å². The molecular weight excluding hydrogens is 325 g/mol. The van der Waals surface area contributed by atoms with E-state index in [2.05, 4.69) is 21.2 Å². The highest BCUT2D eigenvalue weighted by molar-refractivity contribution is 9.10. The van der Waals surface area contributed by atoms with Gasteiger partial charge in [-0.15, -0.1) is 0 Å². The number of rotatable bonds is 7. The monoisotopic (exact) mass is 345 g/mol. The second kappa shape index (κ2) is 7.74. The van der Waals surface area contributed by atoms with E-state index in [9.17, 15) is 9.18 Å². The highest BCUT2D eigenvalue weighted by atomic mass is 79.9. The van der Waals surface area contributed by atoms with Crippen LogP contribution in [0.25, 0.3) is 0 Å². The Kier molecular flexibility index (Phi) is 6.62. The number of benzene rings is 1. The molecule has 0 heterocycles. The van der Waals surface area contributed by atoms with E-state index in [4.69, 9.17) is 5.11 Å². The zero-order valence-corrected chi connectivity index (χ0v) is 13.5. The lowest BCUT2D eigenvalue weighted by atomic mass is 9.79. The first-order chi connectivity index (χ1) is 9.48. The first-order valence-corrected chi connectivity index (χ1v) is 7.61. The van der Waals surface area contributed by atoms with Gasteiger partial charge in [0.15, 0.2) is 0 Å². The maximum Gasteiger partial charge on any atom is 0.254 e. The molecule has 1 rings (SSSR count). The van der Waals surface area contributed by atoms with Crippen LogP contribution in [0.3, 0.4) is 0 Å². The van der Waals surface area contributed by atoms with Gasteiger partial charge in [-0.3, -0.25) is 4.79 Å². The van der Waals surface area contributed by atoms with Crippen LogP contribution in [-0.4, -0.2) is 24.2 Å². The van der Waals surface area contributed by atoms with Crippen molar-refractivity contribution in [1.29, 1.82) is 0 Å². The van der Waals surface area contributed by atoms with E-state index in [1.807, 2.05) is 13.8 Å². The largest absolute Gasteiger partial charge is 0.396 e. The summed E-state index contributed by atoms with van der Waals surface area (Å²) in [6.07, 6.45) is 2.34. The lowest BCUT2D eigenvalue weighted by Crippen LogP contribution is -2.38. The van der Waals surface area contributed by atoms with Gasteiger partial charge in [0.1, 0.15) is 5.82 Å². The Hall–Kier alpha value is -0.940. The van der Waals surface area contributed by atoms with Gasteiger partial charge in [-0.05, 0) is 42.9 Å². The highest BCUT2D eigenvalue weighted by Crippen LogP contribution is 2.29. The Labute approximate surface area is 127 Å². The predicted octanol–water partition coefficient (Wildman–Crippen LogP) is 3.51. The minimum atomic E-state index is -0.544. The van der Waals surface area contributed by atoms with E-state index in [0.29, 0.717) is 17.4 Å². The zero-order valence-electron chi connectivity index (χ0n) is 11.9. The van der Waals surface area contributed by atoms with E-state index < -0.39 is 11.7 Å². The molecule has 0 aromatic heterocycles. The van der Waals surface area contributed by atoms with Gasteiger partial charge in [-0.2, -0.15) is 0 Å². The molecule has 0 aliphatic rings. The van der Waals surface area contributed by atoms with Crippen molar-refractivity contribution in [3.8, 4) is 0 Å². The van der Waals surface area contributed by atoms with Crippen molar-refractivity contribution in [2.24, 2.45) is 5.41 Å². The van der Waals surface area contributed by atoms with Crippen molar-refractivity contribution in [2.45, 2.75) is 33.1 Å². The van der Waals surface area contributed by atoms with Crippen LogP contribution in [0.15, 0.2) is 22.7 Å². The molecule has 0 spiro atoms. The molecule has 0 aliphatic heterocycles. The smallest absolute Gasteiger partial charge is 0.254 e. The number of carbonyl (C=O) groups excluding carboxylic acids is 1. The topological polar surface area (TPSA) is 49.3 Å². The Bertz CT molecular complexity index is 461. The van der Waals surface area contributed by atoms with Crippen LogP contribution in [-0.2, 0) is 0 Å². The minimum absolute atomic E-state index is 0.0401. The third-order valence-electron chi connectivity index (χ3n) is 3.94. The Morgan fingerprint density at radius 3 is 2.55 bits per heavy atom. The summed E-state index contributed by atoms with van der Waals surface area (Å²) in [6.45, 7) is 4.59.